The Morgan fingerprint density at radius 1 is 1.37 bits per heavy atom. The van der Waals surface area contributed by atoms with Crippen LogP contribution in [0.5, 0.6) is 5.75 Å². The standard InChI is InChI=1S/C13H16BrNO3S/c1-10-5-7-15(8-6-10)19(16,17)13-9-11(14)3-4-12(13)18-2/h3-5,9H,6-8H2,1-2H3. The van der Waals surface area contributed by atoms with Gasteiger partial charge in [0.1, 0.15) is 10.6 Å². The lowest BCUT2D eigenvalue weighted by Gasteiger charge is -2.25. The molecule has 0 saturated heterocycles. The minimum atomic E-state index is -3.52. The van der Waals surface area contributed by atoms with Crippen molar-refractivity contribution in [3.8, 4) is 5.75 Å². The van der Waals surface area contributed by atoms with Crippen LogP contribution in [0.15, 0.2) is 39.2 Å². The van der Waals surface area contributed by atoms with Crippen LogP contribution in [0.2, 0.25) is 0 Å². The van der Waals surface area contributed by atoms with E-state index in [9.17, 15) is 8.42 Å². The average molecular weight is 346 g/mol. The summed E-state index contributed by atoms with van der Waals surface area (Å²) in [5, 5.41) is 0. The van der Waals surface area contributed by atoms with Crippen molar-refractivity contribution in [3.05, 3.63) is 34.3 Å². The molecular weight excluding hydrogens is 330 g/mol. The van der Waals surface area contributed by atoms with Gasteiger partial charge in [0, 0.05) is 17.6 Å². The summed E-state index contributed by atoms with van der Waals surface area (Å²) in [6, 6.07) is 5.00. The number of ether oxygens (including phenoxy) is 1. The molecule has 0 atom stereocenters. The van der Waals surface area contributed by atoms with E-state index in [1.165, 1.54) is 17.0 Å². The molecule has 0 aromatic heterocycles. The molecule has 0 unspecified atom stereocenters. The minimum absolute atomic E-state index is 0.206. The number of rotatable bonds is 3. The first-order chi connectivity index (χ1) is 8.95. The van der Waals surface area contributed by atoms with Crippen LogP contribution in [0.25, 0.3) is 0 Å². The van der Waals surface area contributed by atoms with Crippen LogP contribution < -0.4 is 4.74 Å². The number of hydrogen-bond donors (Lipinski definition) is 0. The van der Waals surface area contributed by atoms with Gasteiger partial charge in [-0.3, -0.25) is 0 Å². The average Bonchev–Trinajstić information content (AvgIpc) is 2.39. The van der Waals surface area contributed by atoms with Gasteiger partial charge in [0.15, 0.2) is 0 Å². The van der Waals surface area contributed by atoms with Crippen LogP contribution >= 0.6 is 15.9 Å². The van der Waals surface area contributed by atoms with E-state index >= 15 is 0 Å². The second-order valence-corrected chi connectivity index (χ2v) is 7.28. The first-order valence-electron chi connectivity index (χ1n) is 5.94. The molecule has 1 heterocycles. The van der Waals surface area contributed by atoms with Gasteiger partial charge in [-0.05, 0) is 31.5 Å². The van der Waals surface area contributed by atoms with Gasteiger partial charge in [-0.15, -0.1) is 0 Å². The van der Waals surface area contributed by atoms with E-state index in [0.717, 1.165) is 10.9 Å². The van der Waals surface area contributed by atoms with E-state index in [4.69, 9.17) is 4.74 Å². The first kappa shape index (κ1) is 14.6. The van der Waals surface area contributed by atoms with Crippen molar-refractivity contribution in [2.45, 2.75) is 18.2 Å². The number of sulfonamides is 1. The molecule has 19 heavy (non-hydrogen) atoms. The molecule has 4 nitrogen and oxygen atoms in total. The van der Waals surface area contributed by atoms with Gasteiger partial charge in [-0.1, -0.05) is 27.6 Å². The summed E-state index contributed by atoms with van der Waals surface area (Å²) < 4.78 is 32.6. The van der Waals surface area contributed by atoms with E-state index in [2.05, 4.69) is 15.9 Å². The lowest BCUT2D eigenvalue weighted by molar-refractivity contribution is 0.393. The Kier molecular flexibility index (Phi) is 4.32. The highest BCUT2D eigenvalue weighted by Crippen LogP contribution is 2.30. The number of halogens is 1. The van der Waals surface area contributed by atoms with Crippen molar-refractivity contribution in [1.82, 2.24) is 4.31 Å². The topological polar surface area (TPSA) is 46.6 Å². The molecule has 0 bridgehead atoms. The molecule has 1 aromatic carbocycles. The summed E-state index contributed by atoms with van der Waals surface area (Å²) in [5.74, 6) is 0.370. The molecule has 0 aliphatic carbocycles. The summed E-state index contributed by atoms with van der Waals surface area (Å²) in [6.45, 7) is 2.95. The second kappa shape index (κ2) is 5.64. The maximum absolute atomic E-state index is 12.6. The van der Waals surface area contributed by atoms with E-state index in [1.807, 2.05) is 13.0 Å². The fourth-order valence-corrected chi connectivity index (χ4v) is 4.04. The van der Waals surface area contributed by atoms with Crippen molar-refractivity contribution < 1.29 is 13.2 Å². The van der Waals surface area contributed by atoms with Crippen LogP contribution in [0.4, 0.5) is 0 Å². The summed E-state index contributed by atoms with van der Waals surface area (Å²) in [6.07, 6.45) is 2.72. The third-order valence-electron chi connectivity index (χ3n) is 3.14. The number of methoxy groups -OCH3 is 1. The number of nitrogens with zero attached hydrogens (tertiary/aromatic N) is 1. The molecule has 2 rings (SSSR count). The Hall–Kier alpha value is -0.850. The largest absolute Gasteiger partial charge is 0.495 e. The number of benzene rings is 1. The van der Waals surface area contributed by atoms with E-state index < -0.39 is 10.0 Å². The van der Waals surface area contributed by atoms with Crippen LogP contribution in [-0.4, -0.2) is 32.9 Å². The maximum atomic E-state index is 12.6. The van der Waals surface area contributed by atoms with E-state index in [0.29, 0.717) is 18.8 Å². The molecule has 0 spiro atoms. The zero-order valence-corrected chi connectivity index (χ0v) is 13.3. The zero-order valence-electron chi connectivity index (χ0n) is 10.9. The van der Waals surface area contributed by atoms with Crippen LogP contribution in [-0.2, 0) is 10.0 Å². The van der Waals surface area contributed by atoms with Gasteiger partial charge >= 0.3 is 0 Å². The fourth-order valence-electron chi connectivity index (χ4n) is 1.96. The molecule has 1 aliphatic heterocycles. The molecule has 0 N–H and O–H groups in total. The molecule has 0 saturated carbocycles. The Bertz CT molecular complexity index is 610. The highest BCUT2D eigenvalue weighted by molar-refractivity contribution is 9.10. The van der Waals surface area contributed by atoms with Crippen LogP contribution in [0.1, 0.15) is 13.3 Å². The number of hydrogen-bond acceptors (Lipinski definition) is 3. The van der Waals surface area contributed by atoms with Crippen molar-refractivity contribution in [3.63, 3.8) is 0 Å². The van der Waals surface area contributed by atoms with Crippen LogP contribution in [0, 0.1) is 0 Å². The smallest absolute Gasteiger partial charge is 0.247 e. The molecule has 104 valence electrons. The highest BCUT2D eigenvalue weighted by Gasteiger charge is 2.28. The van der Waals surface area contributed by atoms with Gasteiger partial charge in [0.05, 0.1) is 7.11 Å². The highest BCUT2D eigenvalue weighted by atomic mass is 79.9. The molecule has 1 aromatic rings. The molecular formula is C13H16BrNO3S. The molecule has 6 heteroatoms. The van der Waals surface area contributed by atoms with Crippen molar-refractivity contribution in [2.24, 2.45) is 0 Å². The third-order valence-corrected chi connectivity index (χ3v) is 5.52. The third kappa shape index (κ3) is 3.01. The van der Waals surface area contributed by atoms with Crippen molar-refractivity contribution in [1.29, 1.82) is 0 Å². The second-order valence-electron chi connectivity index (χ2n) is 4.46. The van der Waals surface area contributed by atoms with Crippen molar-refractivity contribution in [2.75, 3.05) is 20.2 Å². The first-order valence-corrected chi connectivity index (χ1v) is 8.18. The van der Waals surface area contributed by atoms with Crippen LogP contribution in [0.3, 0.4) is 0 Å². The maximum Gasteiger partial charge on any atom is 0.247 e. The fraction of sp³-hybridized carbons (Fsp3) is 0.385. The van der Waals surface area contributed by atoms with Gasteiger partial charge in [-0.25, -0.2) is 8.42 Å². The quantitative estimate of drug-likeness (QED) is 0.791. The van der Waals surface area contributed by atoms with Gasteiger partial charge in [-0.2, -0.15) is 4.31 Å². The van der Waals surface area contributed by atoms with Crippen molar-refractivity contribution >= 4 is 26.0 Å². The predicted octanol–water partition coefficient (Wildman–Crippen LogP) is 2.80. The summed E-state index contributed by atoms with van der Waals surface area (Å²) in [7, 11) is -2.04. The molecule has 1 aliphatic rings. The SMILES string of the molecule is COc1ccc(Br)cc1S(=O)(=O)N1CC=C(C)CC1. The molecule has 0 fully saturated rings. The van der Waals surface area contributed by atoms with E-state index in [-0.39, 0.29) is 4.90 Å². The Morgan fingerprint density at radius 2 is 2.11 bits per heavy atom. The molecule has 0 radical (unpaired) electrons. The zero-order chi connectivity index (χ0) is 14.0. The monoisotopic (exact) mass is 345 g/mol. The van der Waals surface area contributed by atoms with E-state index in [1.54, 1.807) is 18.2 Å². The lowest BCUT2D eigenvalue weighted by atomic mass is 10.1. The Balaban J connectivity index is 2.42. The summed E-state index contributed by atoms with van der Waals surface area (Å²) >= 11 is 3.30. The van der Waals surface area contributed by atoms with Gasteiger partial charge in [0.25, 0.3) is 0 Å². The predicted molar refractivity (Wildman–Crippen MR) is 77.8 cm³/mol. The van der Waals surface area contributed by atoms with Gasteiger partial charge < -0.3 is 4.74 Å². The summed E-state index contributed by atoms with van der Waals surface area (Å²) in [4.78, 5) is 0.206. The molecule has 0 amide bonds. The minimum Gasteiger partial charge on any atom is -0.495 e. The Morgan fingerprint density at radius 3 is 2.68 bits per heavy atom. The lowest BCUT2D eigenvalue weighted by Crippen LogP contribution is -2.34. The Labute approximate surface area is 122 Å². The summed E-state index contributed by atoms with van der Waals surface area (Å²) in [5.41, 5.74) is 1.23. The normalized spacial score (nSPS) is 17.1. The van der Waals surface area contributed by atoms with Gasteiger partial charge in [0.2, 0.25) is 10.0 Å².